The van der Waals surface area contributed by atoms with E-state index >= 15 is 0 Å². The molecule has 4 unspecified atom stereocenters. The molecule has 94 valence electrons. The van der Waals surface area contributed by atoms with E-state index < -0.39 is 6.04 Å². The molecule has 0 aromatic rings. The van der Waals surface area contributed by atoms with E-state index in [4.69, 9.17) is 12.2 Å². The Morgan fingerprint density at radius 2 is 2.29 bits per heavy atom. The van der Waals surface area contributed by atoms with Crippen molar-refractivity contribution in [2.75, 3.05) is 13.6 Å². The van der Waals surface area contributed by atoms with Crippen LogP contribution in [0.4, 0.5) is 0 Å². The minimum atomic E-state index is -0.524. The minimum absolute atomic E-state index is 0.00859. The predicted octanol–water partition coefficient (Wildman–Crippen LogP) is 1.23. The summed E-state index contributed by atoms with van der Waals surface area (Å²) in [7, 11) is 1.85. The molecule has 0 heterocycles. The van der Waals surface area contributed by atoms with Gasteiger partial charge >= 0.3 is 0 Å². The zero-order chi connectivity index (χ0) is 12.4. The standard InChI is InChI=1S/C14H22N2O/c1-3-4-13(15)14(17)16(2)9-12-8-10-5-6-11(12)7-10/h1,10-13H,4-9,15H2,2H3. The maximum atomic E-state index is 11.9. The quantitative estimate of drug-likeness (QED) is 0.744. The second kappa shape index (κ2) is 5.10. The van der Waals surface area contributed by atoms with Crippen molar-refractivity contribution in [2.45, 2.75) is 38.1 Å². The van der Waals surface area contributed by atoms with Crippen molar-refractivity contribution in [3.05, 3.63) is 0 Å². The summed E-state index contributed by atoms with van der Waals surface area (Å²) in [5.74, 6) is 4.91. The van der Waals surface area contributed by atoms with Gasteiger partial charge in [0.25, 0.3) is 0 Å². The topological polar surface area (TPSA) is 46.3 Å². The molecule has 2 saturated carbocycles. The van der Waals surface area contributed by atoms with Gasteiger partial charge in [-0.05, 0) is 37.0 Å². The summed E-state index contributed by atoms with van der Waals surface area (Å²) >= 11 is 0. The Labute approximate surface area is 104 Å². The van der Waals surface area contributed by atoms with Crippen LogP contribution in [0.15, 0.2) is 0 Å². The molecule has 0 spiro atoms. The van der Waals surface area contributed by atoms with E-state index in [1.807, 2.05) is 7.05 Å². The summed E-state index contributed by atoms with van der Waals surface area (Å²) in [6, 6.07) is -0.524. The van der Waals surface area contributed by atoms with Gasteiger partial charge < -0.3 is 10.6 Å². The molecule has 1 amide bonds. The van der Waals surface area contributed by atoms with E-state index in [0.717, 1.165) is 18.4 Å². The summed E-state index contributed by atoms with van der Waals surface area (Å²) in [6.07, 6.45) is 10.9. The third kappa shape index (κ3) is 2.63. The largest absolute Gasteiger partial charge is 0.344 e. The smallest absolute Gasteiger partial charge is 0.240 e. The average Bonchev–Trinajstić information content (AvgIpc) is 2.90. The fraction of sp³-hybridized carbons (Fsp3) is 0.786. The van der Waals surface area contributed by atoms with E-state index in [-0.39, 0.29) is 5.91 Å². The van der Waals surface area contributed by atoms with Gasteiger partial charge in [-0.2, -0.15) is 0 Å². The number of fused-ring (bicyclic) bond motifs is 2. The lowest BCUT2D eigenvalue weighted by Crippen LogP contribution is -2.44. The second-order valence-electron chi connectivity index (χ2n) is 5.67. The van der Waals surface area contributed by atoms with Crippen LogP contribution in [0.25, 0.3) is 0 Å². The Morgan fingerprint density at radius 3 is 2.82 bits per heavy atom. The third-order valence-electron chi connectivity index (χ3n) is 4.42. The summed E-state index contributed by atoms with van der Waals surface area (Å²) < 4.78 is 0. The molecule has 2 fully saturated rings. The number of carbonyl (C=O) groups excluding carboxylic acids is 1. The fourth-order valence-electron chi connectivity index (χ4n) is 3.54. The molecular formula is C14H22N2O. The average molecular weight is 234 g/mol. The van der Waals surface area contributed by atoms with Crippen LogP contribution < -0.4 is 5.73 Å². The summed E-state index contributed by atoms with van der Waals surface area (Å²) in [4.78, 5) is 13.7. The number of terminal acetylenes is 1. The van der Waals surface area contributed by atoms with Crippen molar-refractivity contribution in [1.82, 2.24) is 4.90 Å². The van der Waals surface area contributed by atoms with Crippen LogP contribution in [-0.2, 0) is 4.79 Å². The summed E-state index contributed by atoms with van der Waals surface area (Å²) in [5.41, 5.74) is 5.75. The van der Waals surface area contributed by atoms with Gasteiger partial charge in [-0.15, -0.1) is 12.3 Å². The van der Waals surface area contributed by atoms with Crippen LogP contribution in [-0.4, -0.2) is 30.4 Å². The van der Waals surface area contributed by atoms with Gasteiger partial charge in [-0.3, -0.25) is 4.79 Å². The normalized spacial score (nSPS) is 32.2. The molecule has 4 atom stereocenters. The van der Waals surface area contributed by atoms with Crippen molar-refractivity contribution in [3.8, 4) is 12.3 Å². The van der Waals surface area contributed by atoms with E-state index in [1.54, 1.807) is 4.90 Å². The first kappa shape index (κ1) is 12.4. The molecule has 2 rings (SSSR count). The lowest BCUT2D eigenvalue weighted by atomic mass is 9.88. The SMILES string of the molecule is C#CCC(N)C(=O)N(C)CC1CC2CCC1C2. The minimum Gasteiger partial charge on any atom is -0.344 e. The summed E-state index contributed by atoms with van der Waals surface area (Å²) in [5, 5.41) is 0. The van der Waals surface area contributed by atoms with Crippen LogP contribution >= 0.6 is 0 Å². The molecule has 0 saturated heterocycles. The molecule has 2 aliphatic carbocycles. The van der Waals surface area contributed by atoms with Gasteiger partial charge in [0.2, 0.25) is 5.91 Å². The number of nitrogens with zero attached hydrogens (tertiary/aromatic N) is 1. The Balaban J connectivity index is 1.83. The lowest BCUT2D eigenvalue weighted by molar-refractivity contribution is -0.131. The van der Waals surface area contributed by atoms with Gasteiger partial charge in [0.1, 0.15) is 0 Å². The van der Waals surface area contributed by atoms with Crippen LogP contribution in [0, 0.1) is 30.1 Å². The molecule has 0 radical (unpaired) electrons. The van der Waals surface area contributed by atoms with Crippen molar-refractivity contribution in [1.29, 1.82) is 0 Å². The molecule has 3 nitrogen and oxygen atoms in total. The highest BCUT2D eigenvalue weighted by atomic mass is 16.2. The fourth-order valence-corrected chi connectivity index (χ4v) is 3.54. The van der Waals surface area contributed by atoms with Crippen LogP contribution in [0.1, 0.15) is 32.1 Å². The molecule has 3 heteroatoms. The first-order valence-electron chi connectivity index (χ1n) is 6.55. The number of carbonyl (C=O) groups is 1. The number of amides is 1. The predicted molar refractivity (Wildman–Crippen MR) is 68.0 cm³/mol. The van der Waals surface area contributed by atoms with E-state index in [2.05, 4.69) is 5.92 Å². The highest BCUT2D eigenvalue weighted by Gasteiger charge is 2.40. The molecule has 17 heavy (non-hydrogen) atoms. The zero-order valence-corrected chi connectivity index (χ0v) is 10.6. The van der Waals surface area contributed by atoms with Crippen LogP contribution in [0.5, 0.6) is 0 Å². The van der Waals surface area contributed by atoms with Crippen molar-refractivity contribution >= 4 is 5.91 Å². The number of nitrogens with two attached hydrogens (primary N) is 1. The van der Waals surface area contributed by atoms with Crippen LogP contribution in [0.3, 0.4) is 0 Å². The first-order valence-corrected chi connectivity index (χ1v) is 6.55. The molecule has 2 bridgehead atoms. The lowest BCUT2D eigenvalue weighted by Gasteiger charge is -2.28. The van der Waals surface area contributed by atoms with Gasteiger partial charge in [-0.1, -0.05) is 6.42 Å². The molecule has 2 aliphatic rings. The maximum Gasteiger partial charge on any atom is 0.240 e. The second-order valence-corrected chi connectivity index (χ2v) is 5.67. The number of hydrogen-bond donors (Lipinski definition) is 1. The van der Waals surface area contributed by atoms with Gasteiger partial charge in [0.15, 0.2) is 0 Å². The van der Waals surface area contributed by atoms with Crippen LogP contribution in [0.2, 0.25) is 0 Å². The number of hydrogen-bond acceptors (Lipinski definition) is 2. The van der Waals surface area contributed by atoms with Gasteiger partial charge in [-0.25, -0.2) is 0 Å². The highest BCUT2D eigenvalue weighted by molar-refractivity contribution is 5.81. The summed E-state index contributed by atoms with van der Waals surface area (Å²) in [6.45, 7) is 0.859. The molecule has 2 N–H and O–H groups in total. The van der Waals surface area contributed by atoms with Crippen molar-refractivity contribution in [3.63, 3.8) is 0 Å². The Morgan fingerprint density at radius 1 is 1.53 bits per heavy atom. The Hall–Kier alpha value is -1.01. The molecular weight excluding hydrogens is 212 g/mol. The Kier molecular flexibility index (Phi) is 3.73. The third-order valence-corrected chi connectivity index (χ3v) is 4.42. The van der Waals surface area contributed by atoms with Gasteiger partial charge in [0, 0.05) is 20.0 Å². The van der Waals surface area contributed by atoms with E-state index in [0.29, 0.717) is 12.3 Å². The number of likely N-dealkylation sites (N-methyl/N-ethyl adjacent to an activating group) is 1. The first-order chi connectivity index (χ1) is 8.11. The van der Waals surface area contributed by atoms with Crippen molar-refractivity contribution < 1.29 is 4.79 Å². The van der Waals surface area contributed by atoms with Gasteiger partial charge in [0.05, 0.1) is 6.04 Å². The molecule has 0 aliphatic heterocycles. The molecule has 0 aromatic carbocycles. The Bertz CT molecular complexity index is 334. The highest BCUT2D eigenvalue weighted by Crippen LogP contribution is 2.48. The monoisotopic (exact) mass is 234 g/mol. The number of rotatable bonds is 4. The van der Waals surface area contributed by atoms with E-state index in [9.17, 15) is 4.79 Å². The molecule has 0 aromatic heterocycles. The van der Waals surface area contributed by atoms with E-state index in [1.165, 1.54) is 25.7 Å². The maximum absolute atomic E-state index is 11.9. The zero-order valence-electron chi connectivity index (χ0n) is 10.6. The van der Waals surface area contributed by atoms with Crippen molar-refractivity contribution in [2.24, 2.45) is 23.5 Å².